The molecule has 0 radical (unpaired) electrons. The Labute approximate surface area is 207 Å². The second-order valence-electron chi connectivity index (χ2n) is 13.3. The molecule has 4 aliphatic carbocycles. The van der Waals surface area contributed by atoms with E-state index in [2.05, 4.69) is 13.8 Å². The van der Waals surface area contributed by atoms with E-state index < -0.39 is 0 Å². The Balaban J connectivity index is 1.04. The van der Waals surface area contributed by atoms with Gasteiger partial charge in [-0.3, -0.25) is 0 Å². The van der Waals surface area contributed by atoms with Gasteiger partial charge in [-0.05, 0) is 118 Å². The molecule has 0 atom stereocenters. The van der Waals surface area contributed by atoms with Crippen LogP contribution in [0.5, 0.6) is 0 Å². The molecular weight excluding hydrogens is 400 g/mol. The Hall–Kier alpha value is -0.0400. The maximum atomic E-state index is 6.36. The van der Waals surface area contributed by atoms with Gasteiger partial charge < -0.3 is 4.74 Å². The van der Waals surface area contributed by atoms with Crippen molar-refractivity contribution in [3.8, 4) is 0 Å². The summed E-state index contributed by atoms with van der Waals surface area (Å²) in [5, 5.41) is 0. The van der Waals surface area contributed by atoms with Crippen molar-refractivity contribution in [2.45, 2.75) is 155 Å². The van der Waals surface area contributed by atoms with Gasteiger partial charge in [-0.15, -0.1) is 0 Å². The molecule has 1 nitrogen and oxygen atoms in total. The van der Waals surface area contributed by atoms with Gasteiger partial charge in [0.15, 0.2) is 0 Å². The zero-order valence-electron chi connectivity index (χ0n) is 22.6. The van der Waals surface area contributed by atoms with Gasteiger partial charge in [-0.2, -0.15) is 0 Å². The normalized spacial score (nSPS) is 40.5. The van der Waals surface area contributed by atoms with Crippen molar-refractivity contribution in [2.75, 3.05) is 6.61 Å². The van der Waals surface area contributed by atoms with Crippen LogP contribution in [-0.4, -0.2) is 12.7 Å². The van der Waals surface area contributed by atoms with E-state index >= 15 is 0 Å². The highest BCUT2D eigenvalue weighted by Gasteiger charge is 2.34. The first-order chi connectivity index (χ1) is 16.2. The lowest BCUT2D eigenvalue weighted by Crippen LogP contribution is -2.31. The fourth-order valence-corrected chi connectivity index (χ4v) is 8.50. The molecule has 0 aromatic carbocycles. The van der Waals surface area contributed by atoms with E-state index in [0.717, 1.165) is 48.0 Å². The molecule has 4 aliphatic rings. The predicted octanol–water partition coefficient (Wildman–Crippen LogP) is 9.97. The summed E-state index contributed by atoms with van der Waals surface area (Å²) in [5.74, 6) is 7.32. The average Bonchev–Trinajstić information content (AvgIpc) is 2.87. The quantitative estimate of drug-likeness (QED) is 0.296. The van der Waals surface area contributed by atoms with E-state index in [1.165, 1.54) is 83.5 Å². The van der Waals surface area contributed by atoms with E-state index in [-0.39, 0.29) is 0 Å². The van der Waals surface area contributed by atoms with Gasteiger partial charge in [-0.25, -0.2) is 0 Å². The number of ether oxygens (including phenoxy) is 1. The van der Waals surface area contributed by atoms with Gasteiger partial charge in [0.25, 0.3) is 0 Å². The third-order valence-electron chi connectivity index (χ3n) is 11.0. The lowest BCUT2D eigenvalue weighted by atomic mass is 9.65. The molecule has 0 aromatic heterocycles. The van der Waals surface area contributed by atoms with Gasteiger partial charge in [0, 0.05) is 6.61 Å². The number of unbranched alkanes of at least 4 members (excludes halogenated alkanes) is 1. The Morgan fingerprint density at radius 3 is 1.45 bits per heavy atom. The van der Waals surface area contributed by atoms with Gasteiger partial charge in [0.05, 0.1) is 6.10 Å². The summed E-state index contributed by atoms with van der Waals surface area (Å²) in [4.78, 5) is 0. The Morgan fingerprint density at radius 2 is 0.939 bits per heavy atom. The van der Waals surface area contributed by atoms with Gasteiger partial charge in [0.1, 0.15) is 0 Å². The topological polar surface area (TPSA) is 9.23 Å². The van der Waals surface area contributed by atoms with E-state index in [1.807, 2.05) is 0 Å². The van der Waals surface area contributed by atoms with E-state index in [0.29, 0.717) is 6.10 Å². The van der Waals surface area contributed by atoms with Crippen LogP contribution in [0.1, 0.15) is 149 Å². The van der Waals surface area contributed by atoms with Crippen molar-refractivity contribution in [1.29, 1.82) is 0 Å². The average molecular weight is 459 g/mol. The lowest BCUT2D eigenvalue weighted by molar-refractivity contribution is 0.00231. The van der Waals surface area contributed by atoms with Crippen molar-refractivity contribution in [3.05, 3.63) is 0 Å². The molecule has 0 bridgehead atoms. The van der Waals surface area contributed by atoms with E-state index in [1.54, 1.807) is 51.4 Å². The zero-order chi connectivity index (χ0) is 22.9. The van der Waals surface area contributed by atoms with Crippen LogP contribution in [-0.2, 0) is 4.74 Å². The maximum Gasteiger partial charge on any atom is 0.0575 e. The number of rotatable bonds is 10. The molecule has 0 unspecified atom stereocenters. The fraction of sp³-hybridized carbons (Fsp3) is 1.00. The van der Waals surface area contributed by atoms with E-state index in [4.69, 9.17) is 4.74 Å². The van der Waals surface area contributed by atoms with Crippen molar-refractivity contribution in [3.63, 3.8) is 0 Å². The second-order valence-corrected chi connectivity index (χ2v) is 13.3. The molecule has 33 heavy (non-hydrogen) atoms. The summed E-state index contributed by atoms with van der Waals surface area (Å²) >= 11 is 0. The first-order valence-corrected chi connectivity index (χ1v) is 15.8. The highest BCUT2D eigenvalue weighted by atomic mass is 16.5. The molecule has 0 aliphatic heterocycles. The van der Waals surface area contributed by atoms with Crippen LogP contribution in [0.3, 0.4) is 0 Å². The standard InChI is InChI=1S/C32H58O/c1-3-4-6-26-12-14-28(15-13-26)29-16-18-30(19-17-29)31-20-22-32(23-21-31)33-24-5-7-27-10-8-25(2)9-11-27/h25-32H,3-24H2,1-2H3. The molecule has 4 fully saturated rings. The minimum atomic E-state index is 0.590. The van der Waals surface area contributed by atoms with Crippen molar-refractivity contribution < 1.29 is 4.74 Å². The molecule has 0 spiro atoms. The monoisotopic (exact) mass is 458 g/mol. The first kappa shape index (κ1) is 26.0. The Bertz CT molecular complexity index is 497. The zero-order valence-corrected chi connectivity index (χ0v) is 22.6. The minimum absolute atomic E-state index is 0.590. The first-order valence-electron chi connectivity index (χ1n) is 15.8. The molecule has 4 rings (SSSR count). The van der Waals surface area contributed by atoms with Gasteiger partial charge in [-0.1, -0.05) is 71.6 Å². The van der Waals surface area contributed by atoms with Crippen LogP contribution in [0.25, 0.3) is 0 Å². The van der Waals surface area contributed by atoms with Gasteiger partial charge >= 0.3 is 0 Å². The maximum absolute atomic E-state index is 6.36. The third-order valence-corrected chi connectivity index (χ3v) is 11.0. The summed E-state index contributed by atoms with van der Waals surface area (Å²) in [7, 11) is 0. The summed E-state index contributed by atoms with van der Waals surface area (Å²) in [6.45, 7) is 5.82. The smallest absolute Gasteiger partial charge is 0.0575 e. The molecule has 0 saturated heterocycles. The number of hydrogen-bond acceptors (Lipinski definition) is 1. The summed E-state index contributed by atoms with van der Waals surface area (Å²) in [6, 6.07) is 0. The summed E-state index contributed by atoms with van der Waals surface area (Å²) < 4.78 is 6.36. The van der Waals surface area contributed by atoms with E-state index in [9.17, 15) is 0 Å². The molecule has 192 valence electrons. The van der Waals surface area contributed by atoms with Crippen LogP contribution in [0.15, 0.2) is 0 Å². The van der Waals surface area contributed by atoms with Crippen LogP contribution >= 0.6 is 0 Å². The summed E-state index contributed by atoms with van der Waals surface area (Å²) in [6.07, 6.45) is 31.7. The molecular formula is C32H58O. The van der Waals surface area contributed by atoms with Gasteiger partial charge in [0.2, 0.25) is 0 Å². The minimum Gasteiger partial charge on any atom is -0.378 e. The molecule has 4 saturated carbocycles. The number of hydrogen-bond donors (Lipinski definition) is 0. The Kier molecular flexibility index (Phi) is 11.0. The van der Waals surface area contributed by atoms with Crippen molar-refractivity contribution in [2.24, 2.45) is 41.4 Å². The van der Waals surface area contributed by atoms with Crippen LogP contribution in [0, 0.1) is 41.4 Å². The molecule has 0 N–H and O–H groups in total. The van der Waals surface area contributed by atoms with Crippen LogP contribution in [0.2, 0.25) is 0 Å². The predicted molar refractivity (Wildman–Crippen MR) is 142 cm³/mol. The molecule has 1 heteroatoms. The summed E-state index contributed by atoms with van der Waals surface area (Å²) in [5.41, 5.74) is 0. The largest absolute Gasteiger partial charge is 0.378 e. The highest BCUT2D eigenvalue weighted by molar-refractivity contribution is 4.86. The SMILES string of the molecule is CCCCC1CCC(C2CCC(C3CCC(OCCCC4CCC(C)CC4)CC3)CC2)CC1. The second kappa shape index (κ2) is 13.9. The highest BCUT2D eigenvalue weighted by Crippen LogP contribution is 2.46. The van der Waals surface area contributed by atoms with Crippen molar-refractivity contribution >= 4 is 0 Å². The fourth-order valence-electron chi connectivity index (χ4n) is 8.50. The van der Waals surface area contributed by atoms with Crippen LogP contribution < -0.4 is 0 Å². The lowest BCUT2D eigenvalue weighted by Gasteiger charge is -2.41. The molecule has 0 aromatic rings. The third kappa shape index (κ3) is 8.25. The molecule has 0 heterocycles. The Morgan fingerprint density at radius 1 is 0.515 bits per heavy atom. The molecule has 0 amide bonds. The van der Waals surface area contributed by atoms with Crippen LogP contribution in [0.4, 0.5) is 0 Å². The van der Waals surface area contributed by atoms with Crippen molar-refractivity contribution in [1.82, 2.24) is 0 Å².